The van der Waals surface area contributed by atoms with Crippen molar-refractivity contribution in [3.63, 3.8) is 0 Å². The van der Waals surface area contributed by atoms with Crippen molar-refractivity contribution in [2.75, 3.05) is 11.9 Å². The van der Waals surface area contributed by atoms with Crippen molar-refractivity contribution in [1.29, 1.82) is 0 Å². The number of thioether (sulfide) groups is 1. The Morgan fingerprint density at radius 3 is 2.61 bits per heavy atom. The van der Waals surface area contributed by atoms with Crippen LogP contribution in [-0.4, -0.2) is 32.5 Å². The maximum absolute atomic E-state index is 12.7. The van der Waals surface area contributed by atoms with Gasteiger partial charge in [-0.05, 0) is 36.1 Å². The van der Waals surface area contributed by atoms with Crippen molar-refractivity contribution < 1.29 is 14.5 Å². The zero-order valence-corrected chi connectivity index (χ0v) is 18.5. The Hall–Kier alpha value is -3.04. The number of nitrogens with one attached hydrogen (secondary N) is 1. The van der Waals surface area contributed by atoms with Crippen molar-refractivity contribution in [3.8, 4) is 0 Å². The maximum Gasteiger partial charge on any atom is 0.292 e. The summed E-state index contributed by atoms with van der Waals surface area (Å²) in [5.41, 5.74) is 2.15. The summed E-state index contributed by atoms with van der Waals surface area (Å²) in [6.45, 7) is 2.39. The Bertz CT molecular complexity index is 1050. The number of rotatable bonds is 8. The van der Waals surface area contributed by atoms with Gasteiger partial charge in [0.15, 0.2) is 0 Å². The number of amides is 2. The molecule has 0 atom stereocenters. The highest BCUT2D eigenvalue weighted by Crippen LogP contribution is 2.33. The largest absolute Gasteiger partial charge is 0.320 e. The second kappa shape index (κ2) is 10.3. The van der Waals surface area contributed by atoms with Crippen LogP contribution in [0.25, 0.3) is 6.08 Å². The molecular weight excluding hydrogens is 434 g/mol. The van der Waals surface area contributed by atoms with E-state index in [2.05, 4.69) is 12.2 Å². The smallest absolute Gasteiger partial charge is 0.292 e. The number of hydrogen-bond donors (Lipinski definition) is 1. The second-order valence-electron chi connectivity index (χ2n) is 6.85. The van der Waals surface area contributed by atoms with Crippen LogP contribution < -0.4 is 5.32 Å². The van der Waals surface area contributed by atoms with E-state index in [9.17, 15) is 19.7 Å². The van der Waals surface area contributed by atoms with E-state index in [1.54, 1.807) is 6.07 Å². The lowest BCUT2D eigenvalue weighted by atomic mass is 10.1. The molecule has 160 valence electrons. The monoisotopic (exact) mass is 455 g/mol. The summed E-state index contributed by atoms with van der Waals surface area (Å²) in [4.78, 5) is 37.4. The van der Waals surface area contributed by atoms with Gasteiger partial charge in [0, 0.05) is 19.0 Å². The van der Waals surface area contributed by atoms with E-state index in [0.717, 1.165) is 12.0 Å². The number of nitro groups is 1. The molecular formula is C22H21N3O4S2. The first-order valence-electron chi connectivity index (χ1n) is 9.76. The highest BCUT2D eigenvalue weighted by atomic mass is 32.2. The Labute approximate surface area is 189 Å². The number of anilines is 1. The van der Waals surface area contributed by atoms with Crippen molar-refractivity contribution in [3.05, 3.63) is 74.7 Å². The van der Waals surface area contributed by atoms with Gasteiger partial charge in [0.25, 0.3) is 11.6 Å². The zero-order valence-electron chi connectivity index (χ0n) is 16.9. The molecule has 1 N–H and O–H groups in total. The average molecular weight is 456 g/mol. The number of hydrogen-bond acceptors (Lipinski definition) is 6. The Kier molecular flexibility index (Phi) is 7.54. The number of carbonyl (C=O) groups is 2. The van der Waals surface area contributed by atoms with E-state index in [0.29, 0.717) is 22.2 Å². The first kappa shape index (κ1) is 22.6. The summed E-state index contributed by atoms with van der Waals surface area (Å²) in [7, 11) is 0. The Morgan fingerprint density at radius 1 is 1.23 bits per heavy atom. The predicted octanol–water partition coefficient (Wildman–Crippen LogP) is 4.78. The second-order valence-corrected chi connectivity index (χ2v) is 8.53. The Morgan fingerprint density at radius 2 is 1.94 bits per heavy atom. The summed E-state index contributed by atoms with van der Waals surface area (Å²) < 4.78 is 0.459. The molecule has 0 aliphatic carbocycles. The van der Waals surface area contributed by atoms with Gasteiger partial charge in [-0.15, -0.1) is 0 Å². The fourth-order valence-corrected chi connectivity index (χ4v) is 4.35. The van der Waals surface area contributed by atoms with Gasteiger partial charge < -0.3 is 5.32 Å². The van der Waals surface area contributed by atoms with Gasteiger partial charge in [0.1, 0.15) is 10.0 Å². The quantitative estimate of drug-likeness (QED) is 0.267. The minimum absolute atomic E-state index is 0.112. The van der Waals surface area contributed by atoms with E-state index in [4.69, 9.17) is 12.2 Å². The van der Waals surface area contributed by atoms with Gasteiger partial charge >= 0.3 is 0 Å². The molecule has 1 heterocycles. The third-order valence-electron chi connectivity index (χ3n) is 4.72. The molecule has 0 unspecified atom stereocenters. The number of benzene rings is 2. The summed E-state index contributed by atoms with van der Waals surface area (Å²) in [6, 6.07) is 14.0. The van der Waals surface area contributed by atoms with Crippen LogP contribution in [0.5, 0.6) is 0 Å². The minimum atomic E-state index is -0.544. The topological polar surface area (TPSA) is 92.6 Å². The Balaban J connectivity index is 1.55. The van der Waals surface area contributed by atoms with E-state index >= 15 is 0 Å². The van der Waals surface area contributed by atoms with Crippen LogP contribution in [0, 0.1) is 10.1 Å². The van der Waals surface area contributed by atoms with Crippen LogP contribution in [0.3, 0.4) is 0 Å². The molecule has 1 fully saturated rings. The summed E-state index contributed by atoms with van der Waals surface area (Å²) >= 11 is 6.58. The van der Waals surface area contributed by atoms with Crippen LogP contribution in [0.4, 0.5) is 11.4 Å². The van der Waals surface area contributed by atoms with Gasteiger partial charge in [-0.2, -0.15) is 0 Å². The minimum Gasteiger partial charge on any atom is -0.320 e. The van der Waals surface area contributed by atoms with E-state index in [-0.39, 0.29) is 29.6 Å². The molecule has 0 bridgehead atoms. The SMILES string of the molecule is CCc1ccc(C=C2SC(=S)N(CCCC(=O)Nc3ccccc3[N+](=O)[O-])C2=O)cc1. The van der Waals surface area contributed by atoms with Crippen LogP contribution in [0.2, 0.25) is 0 Å². The fourth-order valence-electron chi connectivity index (χ4n) is 3.04. The first-order valence-corrected chi connectivity index (χ1v) is 11.0. The molecule has 1 saturated heterocycles. The molecule has 0 spiro atoms. The van der Waals surface area contributed by atoms with Crippen molar-refractivity contribution in [2.45, 2.75) is 26.2 Å². The molecule has 3 rings (SSSR count). The summed E-state index contributed by atoms with van der Waals surface area (Å²) in [5.74, 6) is -0.528. The number of thiocarbonyl (C=S) groups is 1. The van der Waals surface area contributed by atoms with Crippen molar-refractivity contribution in [1.82, 2.24) is 4.90 Å². The maximum atomic E-state index is 12.7. The normalized spacial score (nSPS) is 14.9. The van der Waals surface area contributed by atoms with Gasteiger partial charge in [0.05, 0.1) is 9.83 Å². The van der Waals surface area contributed by atoms with Gasteiger partial charge in [0.2, 0.25) is 5.91 Å². The van der Waals surface area contributed by atoms with Crippen molar-refractivity contribution >= 4 is 57.6 Å². The van der Waals surface area contributed by atoms with E-state index in [1.807, 2.05) is 30.3 Å². The fraction of sp³-hybridized carbons (Fsp3) is 0.227. The van der Waals surface area contributed by atoms with E-state index in [1.165, 1.54) is 40.4 Å². The average Bonchev–Trinajstić information content (AvgIpc) is 3.02. The van der Waals surface area contributed by atoms with Crippen LogP contribution in [-0.2, 0) is 16.0 Å². The van der Waals surface area contributed by atoms with Gasteiger partial charge in [-0.1, -0.05) is 67.3 Å². The third kappa shape index (κ3) is 5.77. The molecule has 0 saturated carbocycles. The summed E-state index contributed by atoms with van der Waals surface area (Å²) in [6.07, 6.45) is 3.27. The lowest BCUT2D eigenvalue weighted by molar-refractivity contribution is -0.383. The van der Waals surface area contributed by atoms with Crippen LogP contribution in [0.15, 0.2) is 53.4 Å². The molecule has 2 aromatic carbocycles. The predicted molar refractivity (Wildman–Crippen MR) is 127 cm³/mol. The first-order chi connectivity index (χ1) is 14.9. The lowest BCUT2D eigenvalue weighted by Crippen LogP contribution is -2.29. The highest BCUT2D eigenvalue weighted by molar-refractivity contribution is 8.26. The molecule has 31 heavy (non-hydrogen) atoms. The third-order valence-corrected chi connectivity index (χ3v) is 6.10. The molecule has 0 aromatic heterocycles. The van der Waals surface area contributed by atoms with Crippen molar-refractivity contribution in [2.24, 2.45) is 0 Å². The lowest BCUT2D eigenvalue weighted by Gasteiger charge is -2.14. The number of para-hydroxylation sites is 2. The number of nitrogens with zero attached hydrogens (tertiary/aromatic N) is 2. The zero-order chi connectivity index (χ0) is 22.4. The molecule has 2 aromatic rings. The number of carbonyl (C=O) groups excluding carboxylic acids is 2. The van der Waals surface area contributed by atoms with Gasteiger partial charge in [-0.25, -0.2) is 0 Å². The summed E-state index contributed by atoms with van der Waals surface area (Å²) in [5, 5.41) is 13.6. The number of aryl methyl sites for hydroxylation is 1. The van der Waals surface area contributed by atoms with Crippen LogP contribution >= 0.6 is 24.0 Å². The van der Waals surface area contributed by atoms with E-state index < -0.39 is 4.92 Å². The highest BCUT2D eigenvalue weighted by Gasteiger charge is 2.31. The van der Waals surface area contributed by atoms with Crippen LogP contribution in [0.1, 0.15) is 30.9 Å². The molecule has 7 nitrogen and oxygen atoms in total. The molecule has 9 heteroatoms. The number of nitro benzene ring substituents is 1. The molecule has 1 aliphatic rings. The molecule has 2 amide bonds. The molecule has 0 radical (unpaired) electrons. The standard InChI is InChI=1S/C22H21N3O4S2/c1-2-15-9-11-16(12-10-15)14-19-21(27)24(22(30)31-19)13-5-8-20(26)23-17-6-3-4-7-18(17)25(28)29/h3-4,6-7,9-12,14H,2,5,8,13H2,1H3,(H,23,26). The van der Waals surface area contributed by atoms with Gasteiger partial charge in [-0.3, -0.25) is 24.6 Å². The molecule has 1 aliphatic heterocycles.